The predicted octanol–water partition coefficient (Wildman–Crippen LogP) is 0.611. The lowest BCUT2D eigenvalue weighted by Crippen LogP contribution is -2.27. The fourth-order valence-electron chi connectivity index (χ4n) is 1.27. The number of carbonyl (C=O) groups is 1. The maximum atomic E-state index is 9.78. The van der Waals surface area contributed by atoms with Crippen LogP contribution in [0.2, 0.25) is 0 Å². The van der Waals surface area contributed by atoms with Crippen LogP contribution in [-0.2, 0) is 9.78 Å². The molecular weight excluding hydrogens is 148 g/mol. The van der Waals surface area contributed by atoms with Crippen LogP contribution in [0.1, 0.15) is 32.1 Å². The molecule has 0 heterocycles. The van der Waals surface area contributed by atoms with E-state index >= 15 is 0 Å². The van der Waals surface area contributed by atoms with E-state index in [4.69, 9.17) is 0 Å². The molecule has 0 bridgehead atoms. The third-order valence-electron chi connectivity index (χ3n) is 1.80. The van der Waals surface area contributed by atoms with E-state index in [1.807, 2.05) is 0 Å². The van der Waals surface area contributed by atoms with Crippen LogP contribution in [-0.4, -0.2) is 12.3 Å². The minimum Gasteiger partial charge on any atom is -0.424 e. The van der Waals surface area contributed by atoms with Gasteiger partial charge in [0, 0.05) is 0 Å². The van der Waals surface area contributed by atoms with E-state index in [1.165, 1.54) is 6.42 Å². The Labute approximate surface area is 65.0 Å². The largest absolute Gasteiger partial charge is 0.424 e. The number of carboxylic acid groups (broad SMARTS) is 1. The topological polar surface area (TPSA) is 58.6 Å². The van der Waals surface area contributed by atoms with Crippen molar-refractivity contribution in [2.75, 3.05) is 0 Å². The molecule has 0 atom stereocenters. The average molecular weight is 159 g/mol. The molecule has 4 heteroatoms. The molecular formula is C7H11O4-. The molecule has 0 amide bonds. The Bertz CT molecular complexity index is 128. The molecule has 11 heavy (non-hydrogen) atoms. The maximum absolute atomic E-state index is 9.78. The predicted molar refractivity (Wildman–Crippen MR) is 34.4 cm³/mol. The standard InChI is InChI=1S/C7H12O4/c8-7(9)11-10-6-4-2-1-3-5-6/h6H,1-5H2,(H,8,9)/p-1. The third kappa shape index (κ3) is 3.23. The van der Waals surface area contributed by atoms with Gasteiger partial charge in [-0.15, -0.1) is 0 Å². The Balaban J connectivity index is 2.09. The summed E-state index contributed by atoms with van der Waals surface area (Å²) in [5.74, 6) is 0. The van der Waals surface area contributed by atoms with Gasteiger partial charge in [-0.25, -0.2) is 0 Å². The van der Waals surface area contributed by atoms with Gasteiger partial charge >= 0.3 is 0 Å². The smallest absolute Gasteiger partial charge is 0.278 e. The minimum atomic E-state index is -1.62. The van der Waals surface area contributed by atoms with Crippen molar-refractivity contribution in [1.82, 2.24) is 0 Å². The van der Waals surface area contributed by atoms with Crippen LogP contribution < -0.4 is 5.11 Å². The molecule has 0 radical (unpaired) electrons. The van der Waals surface area contributed by atoms with E-state index < -0.39 is 6.16 Å². The molecule has 0 N–H and O–H groups in total. The van der Waals surface area contributed by atoms with Crippen LogP contribution in [0.4, 0.5) is 4.79 Å². The van der Waals surface area contributed by atoms with Crippen molar-refractivity contribution in [1.29, 1.82) is 0 Å². The lowest BCUT2D eigenvalue weighted by atomic mass is 9.98. The van der Waals surface area contributed by atoms with E-state index in [1.54, 1.807) is 0 Å². The SMILES string of the molecule is O=C([O-])OOC1CCCCC1. The fraction of sp³-hybridized carbons (Fsp3) is 0.857. The van der Waals surface area contributed by atoms with Crippen LogP contribution in [0.3, 0.4) is 0 Å². The summed E-state index contributed by atoms with van der Waals surface area (Å²) in [5.41, 5.74) is 0. The van der Waals surface area contributed by atoms with Gasteiger partial charge < -0.3 is 14.8 Å². The van der Waals surface area contributed by atoms with Crippen LogP contribution in [0.25, 0.3) is 0 Å². The van der Waals surface area contributed by atoms with Crippen molar-refractivity contribution >= 4 is 6.16 Å². The first kappa shape index (κ1) is 8.33. The van der Waals surface area contributed by atoms with Crippen molar-refractivity contribution in [2.45, 2.75) is 38.2 Å². The second kappa shape index (κ2) is 4.18. The Morgan fingerprint density at radius 1 is 1.27 bits per heavy atom. The van der Waals surface area contributed by atoms with Gasteiger partial charge in [0.2, 0.25) is 0 Å². The van der Waals surface area contributed by atoms with Crippen LogP contribution >= 0.6 is 0 Å². The second-order valence-electron chi connectivity index (χ2n) is 2.69. The van der Waals surface area contributed by atoms with Crippen molar-refractivity contribution in [3.05, 3.63) is 0 Å². The molecule has 0 aromatic carbocycles. The van der Waals surface area contributed by atoms with Gasteiger partial charge in [-0.3, -0.25) is 4.89 Å². The highest BCUT2D eigenvalue weighted by atomic mass is 17.2. The quantitative estimate of drug-likeness (QED) is 0.437. The first-order valence-electron chi connectivity index (χ1n) is 3.83. The molecule has 4 nitrogen and oxygen atoms in total. The zero-order valence-corrected chi connectivity index (χ0v) is 6.25. The Morgan fingerprint density at radius 3 is 2.45 bits per heavy atom. The second-order valence-corrected chi connectivity index (χ2v) is 2.69. The first-order chi connectivity index (χ1) is 5.29. The molecule has 0 aromatic rings. The monoisotopic (exact) mass is 159 g/mol. The van der Waals surface area contributed by atoms with Crippen LogP contribution in [0.15, 0.2) is 0 Å². The summed E-state index contributed by atoms with van der Waals surface area (Å²) in [6.07, 6.45) is 3.46. The minimum absolute atomic E-state index is 0.0540. The molecule has 1 aliphatic rings. The highest BCUT2D eigenvalue weighted by Gasteiger charge is 2.13. The van der Waals surface area contributed by atoms with E-state index in [-0.39, 0.29) is 6.10 Å². The van der Waals surface area contributed by atoms with Gasteiger partial charge in [-0.1, -0.05) is 19.3 Å². The highest BCUT2D eigenvalue weighted by molar-refractivity contribution is 5.52. The fourth-order valence-corrected chi connectivity index (χ4v) is 1.27. The summed E-state index contributed by atoms with van der Waals surface area (Å²) in [6.45, 7) is 0. The Hall–Kier alpha value is -0.770. The molecule has 0 aromatic heterocycles. The van der Waals surface area contributed by atoms with E-state index in [0.717, 1.165) is 25.7 Å². The van der Waals surface area contributed by atoms with Gasteiger partial charge in [0.1, 0.15) is 0 Å². The van der Waals surface area contributed by atoms with Crippen molar-refractivity contribution in [3.8, 4) is 0 Å². The zero-order chi connectivity index (χ0) is 8.10. The highest BCUT2D eigenvalue weighted by Crippen LogP contribution is 2.20. The maximum Gasteiger partial charge on any atom is 0.278 e. The summed E-state index contributed by atoms with van der Waals surface area (Å²) in [5, 5.41) is 9.78. The summed E-state index contributed by atoms with van der Waals surface area (Å²) in [6, 6.07) is 0. The van der Waals surface area contributed by atoms with Crippen molar-refractivity contribution in [2.24, 2.45) is 0 Å². The van der Waals surface area contributed by atoms with Gasteiger partial charge in [-0.2, -0.15) is 0 Å². The van der Waals surface area contributed by atoms with Gasteiger partial charge in [-0.05, 0) is 12.8 Å². The van der Waals surface area contributed by atoms with E-state index in [0.29, 0.717) is 0 Å². The van der Waals surface area contributed by atoms with Crippen molar-refractivity contribution < 1.29 is 19.7 Å². The number of hydrogen-bond acceptors (Lipinski definition) is 4. The Morgan fingerprint density at radius 2 is 1.91 bits per heavy atom. The Kier molecular flexibility index (Phi) is 3.16. The summed E-state index contributed by atoms with van der Waals surface area (Å²) < 4.78 is 0. The van der Waals surface area contributed by atoms with Crippen LogP contribution in [0, 0.1) is 0 Å². The normalized spacial score (nSPS) is 19.6. The molecule has 1 rings (SSSR count). The molecule has 0 spiro atoms. The van der Waals surface area contributed by atoms with E-state index in [9.17, 15) is 9.90 Å². The number of rotatable bonds is 2. The third-order valence-corrected chi connectivity index (χ3v) is 1.80. The molecule has 0 aliphatic heterocycles. The summed E-state index contributed by atoms with van der Waals surface area (Å²) in [4.78, 5) is 18.3. The number of hydrogen-bond donors (Lipinski definition) is 0. The van der Waals surface area contributed by atoms with Gasteiger partial charge in [0.15, 0.2) is 0 Å². The lowest BCUT2D eigenvalue weighted by Gasteiger charge is -2.22. The molecule has 64 valence electrons. The first-order valence-corrected chi connectivity index (χ1v) is 3.83. The average Bonchev–Trinajstić information content (AvgIpc) is 2.03. The molecule has 1 fully saturated rings. The van der Waals surface area contributed by atoms with Gasteiger partial charge in [0.25, 0.3) is 6.16 Å². The van der Waals surface area contributed by atoms with Crippen LogP contribution in [0.5, 0.6) is 0 Å². The zero-order valence-electron chi connectivity index (χ0n) is 6.25. The van der Waals surface area contributed by atoms with Gasteiger partial charge in [0.05, 0.1) is 6.10 Å². The van der Waals surface area contributed by atoms with Crippen molar-refractivity contribution in [3.63, 3.8) is 0 Å². The molecule has 1 aliphatic carbocycles. The summed E-state index contributed by atoms with van der Waals surface area (Å²) >= 11 is 0. The molecule has 0 unspecified atom stereocenters. The van der Waals surface area contributed by atoms with E-state index in [2.05, 4.69) is 9.78 Å². The lowest BCUT2D eigenvalue weighted by molar-refractivity contribution is -0.375. The molecule has 0 saturated heterocycles. The molecule has 1 saturated carbocycles. The number of carbonyl (C=O) groups excluding carboxylic acids is 1. The summed E-state index contributed by atoms with van der Waals surface area (Å²) in [7, 11) is 0.